The van der Waals surface area contributed by atoms with Crippen molar-refractivity contribution in [2.24, 2.45) is 0 Å². The van der Waals surface area contributed by atoms with Crippen molar-refractivity contribution in [3.05, 3.63) is 35.1 Å². The van der Waals surface area contributed by atoms with E-state index in [1.54, 1.807) is 13.0 Å². The van der Waals surface area contributed by atoms with Gasteiger partial charge in [-0.3, -0.25) is 4.79 Å². The first-order valence-corrected chi connectivity index (χ1v) is 7.20. The van der Waals surface area contributed by atoms with Crippen molar-refractivity contribution in [3.8, 4) is 0 Å². The first kappa shape index (κ1) is 14.0. The number of halogens is 1. The third kappa shape index (κ3) is 3.14. The molecule has 1 saturated heterocycles. The van der Waals surface area contributed by atoms with Crippen LogP contribution in [-0.2, 0) is 0 Å². The highest BCUT2D eigenvalue weighted by molar-refractivity contribution is 5.95. The molecule has 19 heavy (non-hydrogen) atoms. The molecule has 1 atom stereocenters. The molecule has 0 aliphatic carbocycles. The number of likely N-dealkylation sites (tertiary alicyclic amines) is 1. The number of amides is 1. The average molecular weight is 263 g/mol. The molecule has 0 saturated carbocycles. The van der Waals surface area contributed by atoms with E-state index >= 15 is 0 Å². The van der Waals surface area contributed by atoms with E-state index in [9.17, 15) is 9.18 Å². The molecule has 1 aromatic carbocycles. The van der Waals surface area contributed by atoms with Crippen molar-refractivity contribution in [1.29, 1.82) is 0 Å². The first-order chi connectivity index (χ1) is 9.13. The van der Waals surface area contributed by atoms with E-state index in [2.05, 4.69) is 6.92 Å². The molecule has 0 aromatic heterocycles. The highest BCUT2D eigenvalue weighted by Gasteiger charge is 2.25. The number of carbonyl (C=O) groups excluding carboxylic acids is 1. The molecule has 1 unspecified atom stereocenters. The summed E-state index contributed by atoms with van der Waals surface area (Å²) < 4.78 is 13.1. The second-order valence-corrected chi connectivity index (χ2v) is 5.37. The van der Waals surface area contributed by atoms with Crippen LogP contribution >= 0.6 is 0 Å². The molecule has 0 spiro atoms. The van der Waals surface area contributed by atoms with Gasteiger partial charge in [-0.05, 0) is 49.9 Å². The molecule has 0 N–H and O–H groups in total. The summed E-state index contributed by atoms with van der Waals surface area (Å²) in [5.41, 5.74) is 1.37. The molecule has 1 fully saturated rings. The predicted octanol–water partition coefficient (Wildman–Crippen LogP) is 3.93. The van der Waals surface area contributed by atoms with E-state index in [0.717, 1.165) is 31.4 Å². The van der Waals surface area contributed by atoms with Crippen LogP contribution in [-0.4, -0.2) is 23.4 Å². The highest BCUT2D eigenvalue weighted by Crippen LogP contribution is 2.22. The van der Waals surface area contributed by atoms with Crippen LogP contribution in [0.1, 0.15) is 54.9 Å². The summed E-state index contributed by atoms with van der Waals surface area (Å²) in [4.78, 5) is 14.7. The van der Waals surface area contributed by atoms with E-state index in [-0.39, 0.29) is 11.7 Å². The minimum absolute atomic E-state index is 0.0613. The Morgan fingerprint density at radius 3 is 2.84 bits per heavy atom. The Balaban J connectivity index is 2.25. The van der Waals surface area contributed by atoms with Gasteiger partial charge in [-0.15, -0.1) is 0 Å². The topological polar surface area (TPSA) is 20.3 Å². The lowest BCUT2D eigenvalue weighted by Gasteiger charge is -2.30. The Hall–Kier alpha value is -1.38. The number of benzene rings is 1. The number of aryl methyl sites for hydroxylation is 1. The van der Waals surface area contributed by atoms with Gasteiger partial charge in [0.25, 0.3) is 5.91 Å². The Kier molecular flexibility index (Phi) is 4.56. The largest absolute Gasteiger partial charge is 0.336 e. The van der Waals surface area contributed by atoms with E-state index in [1.165, 1.54) is 25.0 Å². The van der Waals surface area contributed by atoms with Crippen LogP contribution in [0.15, 0.2) is 18.2 Å². The predicted molar refractivity (Wildman–Crippen MR) is 74.7 cm³/mol. The number of rotatable bonds is 2. The van der Waals surface area contributed by atoms with E-state index in [4.69, 9.17) is 0 Å². The van der Waals surface area contributed by atoms with Crippen LogP contribution in [0.25, 0.3) is 0 Å². The third-order valence-corrected chi connectivity index (χ3v) is 4.03. The average Bonchev–Trinajstić information content (AvgIpc) is 2.63. The van der Waals surface area contributed by atoms with Crippen LogP contribution in [0.3, 0.4) is 0 Å². The van der Waals surface area contributed by atoms with Gasteiger partial charge < -0.3 is 4.90 Å². The summed E-state index contributed by atoms with van der Waals surface area (Å²) in [6, 6.07) is 4.76. The van der Waals surface area contributed by atoms with Crippen molar-refractivity contribution in [3.63, 3.8) is 0 Å². The van der Waals surface area contributed by atoms with Crippen LogP contribution in [0.2, 0.25) is 0 Å². The zero-order valence-electron chi connectivity index (χ0n) is 11.8. The molecular weight excluding hydrogens is 241 g/mol. The van der Waals surface area contributed by atoms with Crippen LogP contribution in [0.4, 0.5) is 4.39 Å². The van der Waals surface area contributed by atoms with Crippen LogP contribution in [0, 0.1) is 12.7 Å². The SMILES string of the molecule is CCC1CCCCCN1C(=O)c1ccc(F)cc1C. The lowest BCUT2D eigenvalue weighted by atomic mass is 10.0. The molecular formula is C16H22FNO. The maximum atomic E-state index is 13.1. The fourth-order valence-electron chi connectivity index (χ4n) is 2.89. The monoisotopic (exact) mass is 263 g/mol. The highest BCUT2D eigenvalue weighted by atomic mass is 19.1. The van der Waals surface area contributed by atoms with Gasteiger partial charge in [0, 0.05) is 18.2 Å². The van der Waals surface area contributed by atoms with Gasteiger partial charge >= 0.3 is 0 Å². The molecule has 3 heteroatoms. The molecule has 1 aromatic rings. The van der Waals surface area contributed by atoms with Crippen molar-refractivity contribution >= 4 is 5.91 Å². The number of hydrogen-bond acceptors (Lipinski definition) is 1. The van der Waals surface area contributed by atoms with Crippen molar-refractivity contribution < 1.29 is 9.18 Å². The molecule has 2 nitrogen and oxygen atoms in total. The van der Waals surface area contributed by atoms with Crippen LogP contribution < -0.4 is 0 Å². The maximum absolute atomic E-state index is 13.1. The molecule has 2 rings (SSSR count). The lowest BCUT2D eigenvalue weighted by molar-refractivity contribution is 0.0677. The Morgan fingerprint density at radius 1 is 1.37 bits per heavy atom. The van der Waals surface area contributed by atoms with Gasteiger partial charge in [-0.1, -0.05) is 19.8 Å². The maximum Gasteiger partial charge on any atom is 0.254 e. The summed E-state index contributed by atoms with van der Waals surface area (Å²) in [6.07, 6.45) is 5.55. The van der Waals surface area contributed by atoms with Crippen molar-refractivity contribution in [2.75, 3.05) is 6.54 Å². The molecule has 1 aliphatic heterocycles. The number of carbonyl (C=O) groups is 1. The molecule has 0 bridgehead atoms. The van der Waals surface area contributed by atoms with Gasteiger partial charge in [0.1, 0.15) is 5.82 Å². The van der Waals surface area contributed by atoms with Gasteiger partial charge in [0.05, 0.1) is 0 Å². The second-order valence-electron chi connectivity index (χ2n) is 5.37. The minimum atomic E-state index is -0.281. The number of nitrogens with zero attached hydrogens (tertiary/aromatic N) is 1. The summed E-state index contributed by atoms with van der Waals surface area (Å²) in [6.45, 7) is 4.76. The summed E-state index contributed by atoms with van der Waals surface area (Å²) in [5, 5.41) is 0. The third-order valence-electron chi connectivity index (χ3n) is 4.03. The molecule has 104 valence electrons. The Labute approximate surface area is 114 Å². The van der Waals surface area contributed by atoms with E-state index < -0.39 is 0 Å². The lowest BCUT2D eigenvalue weighted by Crippen LogP contribution is -2.40. The van der Waals surface area contributed by atoms with Gasteiger partial charge in [-0.25, -0.2) is 4.39 Å². The molecule has 1 heterocycles. The smallest absolute Gasteiger partial charge is 0.254 e. The minimum Gasteiger partial charge on any atom is -0.336 e. The van der Waals surface area contributed by atoms with Crippen molar-refractivity contribution in [2.45, 2.75) is 52.0 Å². The molecule has 1 aliphatic rings. The molecule has 0 radical (unpaired) electrons. The first-order valence-electron chi connectivity index (χ1n) is 7.20. The zero-order valence-corrected chi connectivity index (χ0v) is 11.8. The zero-order chi connectivity index (χ0) is 13.8. The van der Waals surface area contributed by atoms with Gasteiger partial charge in [-0.2, -0.15) is 0 Å². The van der Waals surface area contributed by atoms with E-state index in [1.807, 2.05) is 4.90 Å². The van der Waals surface area contributed by atoms with E-state index in [0.29, 0.717) is 11.6 Å². The second kappa shape index (κ2) is 6.18. The Morgan fingerprint density at radius 2 is 2.16 bits per heavy atom. The fourth-order valence-corrected chi connectivity index (χ4v) is 2.89. The van der Waals surface area contributed by atoms with Gasteiger partial charge in [0.15, 0.2) is 0 Å². The van der Waals surface area contributed by atoms with Crippen molar-refractivity contribution in [1.82, 2.24) is 4.90 Å². The summed E-state index contributed by atoms with van der Waals surface area (Å²) in [7, 11) is 0. The standard InChI is InChI=1S/C16H22FNO/c1-3-14-7-5-4-6-10-18(14)16(19)15-9-8-13(17)11-12(15)2/h8-9,11,14H,3-7,10H2,1-2H3. The summed E-state index contributed by atoms with van der Waals surface area (Å²) in [5.74, 6) is -0.219. The molecule has 1 amide bonds. The fraction of sp³-hybridized carbons (Fsp3) is 0.562. The number of hydrogen-bond donors (Lipinski definition) is 0. The Bertz CT molecular complexity index is 458. The summed E-state index contributed by atoms with van der Waals surface area (Å²) >= 11 is 0. The quantitative estimate of drug-likeness (QED) is 0.791. The van der Waals surface area contributed by atoms with Crippen LogP contribution in [0.5, 0.6) is 0 Å². The van der Waals surface area contributed by atoms with Gasteiger partial charge in [0.2, 0.25) is 0 Å². The normalized spacial score (nSPS) is 20.2.